The van der Waals surface area contributed by atoms with Gasteiger partial charge in [0.2, 0.25) is 21.9 Å². The molecule has 0 saturated heterocycles. The quantitative estimate of drug-likeness (QED) is 0.650. The number of carbonyl (C=O) groups excluding carboxylic acids is 1. The summed E-state index contributed by atoms with van der Waals surface area (Å²) in [4.78, 5) is 18.1. The predicted octanol–water partition coefficient (Wildman–Crippen LogP) is 2.72. The molecule has 7 nitrogen and oxygen atoms in total. The van der Waals surface area contributed by atoms with Gasteiger partial charge in [0.05, 0.1) is 16.3 Å². The topological polar surface area (TPSA) is 98.3 Å². The summed E-state index contributed by atoms with van der Waals surface area (Å²) in [6, 6.07) is 14.7. The zero-order valence-electron chi connectivity index (χ0n) is 16.8. The minimum Gasteiger partial charge on any atom is -0.368 e. The standard InChI is InChI=1S/C21H24N4O3S/c1-14(2)29(27,28)25-19-12-16(10-11-18(19)23-21(25)22)17(13-20(26)24(3)4)15-8-6-5-7-9-15/h5-14H,1-4H3,(H2,22,23)/b17-13-. The summed E-state index contributed by atoms with van der Waals surface area (Å²) in [5, 5.41) is -0.662. The molecule has 3 aromatic rings. The smallest absolute Gasteiger partial charge is 0.246 e. The SMILES string of the molecule is CC(C)S(=O)(=O)n1c(N)nc2ccc(/C(=C\C(=O)N(C)C)c3ccccc3)cc21. The van der Waals surface area contributed by atoms with Crippen molar-refractivity contribution >= 4 is 38.5 Å². The average molecular weight is 413 g/mol. The van der Waals surface area contributed by atoms with Gasteiger partial charge in [0.15, 0.2) is 0 Å². The maximum Gasteiger partial charge on any atom is 0.246 e. The number of hydrogen-bond acceptors (Lipinski definition) is 5. The lowest BCUT2D eigenvalue weighted by Gasteiger charge is -2.14. The molecule has 2 aromatic carbocycles. The van der Waals surface area contributed by atoms with E-state index < -0.39 is 15.3 Å². The first-order valence-corrected chi connectivity index (χ1v) is 10.6. The fourth-order valence-corrected chi connectivity index (χ4v) is 4.07. The van der Waals surface area contributed by atoms with Crippen LogP contribution in [-0.4, -0.2) is 47.5 Å². The highest BCUT2D eigenvalue weighted by molar-refractivity contribution is 7.90. The average Bonchev–Trinajstić information content (AvgIpc) is 3.01. The molecule has 0 radical (unpaired) electrons. The first kappa shape index (κ1) is 20.6. The lowest BCUT2D eigenvalue weighted by Crippen LogP contribution is -2.23. The number of carbonyl (C=O) groups is 1. The number of likely N-dealkylation sites (N-methyl/N-ethyl adjacent to an activating group) is 1. The van der Waals surface area contributed by atoms with Crippen LogP contribution in [0, 0.1) is 0 Å². The van der Waals surface area contributed by atoms with Crippen LogP contribution < -0.4 is 5.73 Å². The third-order valence-corrected chi connectivity index (χ3v) is 6.68. The van der Waals surface area contributed by atoms with E-state index in [2.05, 4.69) is 4.98 Å². The number of nitrogens with two attached hydrogens (primary N) is 1. The van der Waals surface area contributed by atoms with Crippen LogP contribution in [0.4, 0.5) is 5.95 Å². The van der Waals surface area contributed by atoms with Crippen LogP contribution in [0.3, 0.4) is 0 Å². The fourth-order valence-electron chi connectivity index (χ4n) is 2.92. The molecule has 0 spiro atoms. The van der Waals surface area contributed by atoms with Crippen molar-refractivity contribution in [2.75, 3.05) is 19.8 Å². The minimum absolute atomic E-state index is 0.0829. The second-order valence-corrected chi connectivity index (χ2v) is 9.53. The Labute approximate surface area is 170 Å². The van der Waals surface area contributed by atoms with E-state index in [9.17, 15) is 13.2 Å². The number of rotatable bonds is 5. The number of aromatic nitrogens is 2. The molecule has 1 amide bonds. The highest BCUT2D eigenvalue weighted by Crippen LogP contribution is 2.29. The molecule has 29 heavy (non-hydrogen) atoms. The fraction of sp³-hybridized carbons (Fsp3) is 0.238. The van der Waals surface area contributed by atoms with Crippen molar-refractivity contribution in [1.29, 1.82) is 0 Å². The van der Waals surface area contributed by atoms with Gasteiger partial charge in [0.25, 0.3) is 0 Å². The number of nitrogen functional groups attached to an aromatic ring is 1. The second kappa shape index (κ2) is 7.71. The molecule has 1 aromatic heterocycles. The summed E-state index contributed by atoms with van der Waals surface area (Å²) < 4.78 is 26.7. The van der Waals surface area contributed by atoms with Gasteiger partial charge < -0.3 is 10.6 Å². The van der Waals surface area contributed by atoms with Gasteiger partial charge in [-0.15, -0.1) is 0 Å². The Morgan fingerprint density at radius 2 is 1.76 bits per heavy atom. The molecule has 152 valence electrons. The van der Waals surface area contributed by atoms with Crippen molar-refractivity contribution in [2.24, 2.45) is 0 Å². The van der Waals surface area contributed by atoms with Crippen LogP contribution in [0.25, 0.3) is 16.6 Å². The van der Waals surface area contributed by atoms with Gasteiger partial charge in [0, 0.05) is 20.2 Å². The van der Waals surface area contributed by atoms with E-state index in [0.717, 1.165) is 9.54 Å². The highest BCUT2D eigenvalue weighted by Gasteiger charge is 2.25. The zero-order valence-corrected chi connectivity index (χ0v) is 17.6. The molecule has 0 fully saturated rings. The minimum atomic E-state index is -3.70. The van der Waals surface area contributed by atoms with Crippen LogP contribution in [0.5, 0.6) is 0 Å². The molecule has 2 N–H and O–H groups in total. The summed E-state index contributed by atoms with van der Waals surface area (Å²) >= 11 is 0. The number of fused-ring (bicyclic) bond motifs is 1. The Balaban J connectivity index is 2.28. The maximum atomic E-state index is 12.8. The van der Waals surface area contributed by atoms with E-state index in [0.29, 0.717) is 22.2 Å². The lowest BCUT2D eigenvalue weighted by atomic mass is 9.97. The van der Waals surface area contributed by atoms with E-state index in [-0.39, 0.29) is 11.9 Å². The molecule has 0 aliphatic carbocycles. The number of imidazole rings is 1. The molecule has 0 aliphatic heterocycles. The molecule has 1 heterocycles. The summed E-state index contributed by atoms with van der Waals surface area (Å²) in [6.45, 7) is 3.19. The summed E-state index contributed by atoms with van der Waals surface area (Å²) in [6.07, 6.45) is 1.54. The number of amides is 1. The molecule has 0 atom stereocenters. The van der Waals surface area contributed by atoms with Crippen molar-refractivity contribution in [3.8, 4) is 0 Å². The van der Waals surface area contributed by atoms with Crippen LogP contribution in [-0.2, 0) is 14.8 Å². The maximum absolute atomic E-state index is 12.8. The molecular formula is C21H24N4O3S. The lowest BCUT2D eigenvalue weighted by molar-refractivity contribution is -0.123. The van der Waals surface area contributed by atoms with Gasteiger partial charge in [-0.1, -0.05) is 36.4 Å². The number of benzene rings is 2. The third kappa shape index (κ3) is 3.88. The molecule has 0 saturated carbocycles. The van der Waals surface area contributed by atoms with Crippen LogP contribution in [0.15, 0.2) is 54.6 Å². The van der Waals surface area contributed by atoms with Crippen LogP contribution in [0.2, 0.25) is 0 Å². The van der Waals surface area contributed by atoms with E-state index >= 15 is 0 Å². The Morgan fingerprint density at radius 3 is 2.34 bits per heavy atom. The van der Waals surface area contributed by atoms with Crippen LogP contribution in [0.1, 0.15) is 25.0 Å². The zero-order chi connectivity index (χ0) is 21.3. The van der Waals surface area contributed by atoms with Gasteiger partial charge in [-0.25, -0.2) is 17.4 Å². The van der Waals surface area contributed by atoms with Crippen molar-refractivity contribution in [3.63, 3.8) is 0 Å². The van der Waals surface area contributed by atoms with Crippen molar-refractivity contribution in [3.05, 3.63) is 65.7 Å². The Morgan fingerprint density at radius 1 is 1.10 bits per heavy atom. The number of anilines is 1. The number of hydrogen-bond donors (Lipinski definition) is 1. The van der Waals surface area contributed by atoms with Gasteiger partial charge in [0.1, 0.15) is 0 Å². The summed E-state index contributed by atoms with van der Waals surface area (Å²) in [7, 11) is -0.347. The normalized spacial score (nSPS) is 12.5. The third-order valence-electron chi connectivity index (χ3n) is 4.59. The molecule has 0 bridgehead atoms. The molecule has 8 heteroatoms. The van der Waals surface area contributed by atoms with Crippen LogP contribution >= 0.6 is 0 Å². The molecule has 0 aliphatic rings. The summed E-state index contributed by atoms with van der Waals surface area (Å²) in [5.74, 6) is -0.257. The van der Waals surface area contributed by atoms with Gasteiger partial charge in [-0.05, 0) is 42.7 Å². The number of nitrogens with zero attached hydrogens (tertiary/aromatic N) is 3. The Bertz CT molecular complexity index is 1190. The first-order valence-electron chi connectivity index (χ1n) is 9.14. The van der Waals surface area contributed by atoms with Gasteiger partial charge in [-0.2, -0.15) is 0 Å². The Hall–Kier alpha value is -3.13. The van der Waals surface area contributed by atoms with E-state index in [1.165, 1.54) is 11.0 Å². The molecule has 3 rings (SSSR count). The first-order chi connectivity index (χ1) is 13.6. The highest BCUT2D eigenvalue weighted by atomic mass is 32.2. The van der Waals surface area contributed by atoms with Crippen molar-refractivity contribution in [1.82, 2.24) is 13.9 Å². The van der Waals surface area contributed by atoms with Gasteiger partial charge >= 0.3 is 0 Å². The largest absolute Gasteiger partial charge is 0.368 e. The molecule has 0 unspecified atom stereocenters. The van der Waals surface area contributed by atoms with Crippen molar-refractivity contribution < 1.29 is 13.2 Å². The Kier molecular flexibility index (Phi) is 5.48. The monoisotopic (exact) mass is 412 g/mol. The van der Waals surface area contributed by atoms with Crippen molar-refractivity contribution in [2.45, 2.75) is 19.1 Å². The van der Waals surface area contributed by atoms with E-state index in [1.54, 1.807) is 40.1 Å². The second-order valence-electron chi connectivity index (χ2n) is 7.19. The predicted molar refractivity (Wildman–Crippen MR) is 116 cm³/mol. The van der Waals surface area contributed by atoms with E-state index in [4.69, 9.17) is 5.73 Å². The van der Waals surface area contributed by atoms with Gasteiger partial charge in [-0.3, -0.25) is 4.79 Å². The molecular weight excluding hydrogens is 388 g/mol. The summed E-state index contributed by atoms with van der Waals surface area (Å²) in [5.41, 5.74) is 9.00. The van der Waals surface area contributed by atoms with E-state index in [1.807, 2.05) is 36.4 Å².